The average molecular weight is 239 g/mol. The number of nitrogens with zero attached hydrogens (tertiary/aromatic N) is 1. The summed E-state index contributed by atoms with van der Waals surface area (Å²) in [5, 5.41) is 3.26. The second-order valence-corrected chi connectivity index (χ2v) is 5.54. The number of nitrogens with one attached hydrogen (secondary N) is 1. The van der Waals surface area contributed by atoms with Crippen LogP contribution in [0, 0.1) is 5.92 Å². The lowest BCUT2D eigenvalue weighted by atomic mass is 10.2. The van der Waals surface area contributed by atoms with E-state index in [0.29, 0.717) is 0 Å². The molecule has 0 aromatic rings. The van der Waals surface area contributed by atoms with Crippen molar-refractivity contribution in [2.24, 2.45) is 11.7 Å². The summed E-state index contributed by atoms with van der Waals surface area (Å²) in [5.41, 5.74) is 5.46. The van der Waals surface area contributed by atoms with Gasteiger partial charge in [0.05, 0.1) is 6.04 Å². The molecule has 0 bridgehead atoms. The number of carbonyl (C=O) groups is 1. The fraction of sp³-hybridized carbons (Fsp3) is 0.923. The van der Waals surface area contributed by atoms with Gasteiger partial charge in [-0.15, -0.1) is 0 Å². The van der Waals surface area contributed by atoms with Crippen molar-refractivity contribution >= 4 is 5.91 Å². The van der Waals surface area contributed by atoms with Crippen molar-refractivity contribution in [1.82, 2.24) is 10.2 Å². The molecule has 2 aliphatic carbocycles. The Morgan fingerprint density at radius 3 is 2.59 bits per heavy atom. The first-order valence-corrected chi connectivity index (χ1v) is 6.97. The summed E-state index contributed by atoms with van der Waals surface area (Å²) in [4.78, 5) is 13.9. The van der Waals surface area contributed by atoms with Crippen molar-refractivity contribution in [3.8, 4) is 0 Å². The smallest absolute Gasteiger partial charge is 0.235 e. The maximum Gasteiger partial charge on any atom is 0.235 e. The number of carbonyl (C=O) groups excluding carboxylic acids is 1. The molecule has 1 atom stereocenters. The summed E-state index contributed by atoms with van der Waals surface area (Å²) in [6, 6.07) is 0.551. The van der Waals surface area contributed by atoms with Crippen LogP contribution in [0.25, 0.3) is 0 Å². The lowest BCUT2D eigenvalue weighted by Gasteiger charge is -2.26. The van der Waals surface area contributed by atoms with E-state index in [2.05, 4.69) is 17.1 Å². The summed E-state index contributed by atoms with van der Waals surface area (Å²) in [6.07, 6.45) is 6.37. The molecule has 0 heterocycles. The molecule has 98 valence electrons. The molecule has 2 aliphatic rings. The van der Waals surface area contributed by atoms with Crippen LogP contribution in [0.2, 0.25) is 0 Å². The SMILES string of the molecule is CCCNC(CN(CC1CC1)C1CC1)C(N)=O. The fourth-order valence-corrected chi connectivity index (χ4v) is 2.25. The highest BCUT2D eigenvalue weighted by molar-refractivity contribution is 5.80. The Morgan fingerprint density at radius 1 is 1.41 bits per heavy atom. The van der Waals surface area contributed by atoms with E-state index in [1.54, 1.807) is 0 Å². The van der Waals surface area contributed by atoms with E-state index in [1.165, 1.54) is 32.2 Å². The van der Waals surface area contributed by atoms with Crippen LogP contribution in [-0.2, 0) is 4.79 Å². The van der Waals surface area contributed by atoms with Gasteiger partial charge in [0.25, 0.3) is 0 Å². The minimum atomic E-state index is -0.208. The van der Waals surface area contributed by atoms with Gasteiger partial charge in [0, 0.05) is 19.1 Å². The summed E-state index contributed by atoms with van der Waals surface area (Å²) in [7, 11) is 0. The number of hydrogen-bond donors (Lipinski definition) is 2. The zero-order chi connectivity index (χ0) is 12.3. The lowest BCUT2D eigenvalue weighted by molar-refractivity contribution is -0.120. The maximum atomic E-state index is 11.4. The van der Waals surface area contributed by atoms with E-state index in [1.807, 2.05) is 0 Å². The van der Waals surface area contributed by atoms with Crippen LogP contribution in [0.15, 0.2) is 0 Å². The molecule has 2 rings (SSSR count). The molecule has 2 fully saturated rings. The van der Waals surface area contributed by atoms with Crippen molar-refractivity contribution in [1.29, 1.82) is 0 Å². The van der Waals surface area contributed by atoms with E-state index in [-0.39, 0.29) is 11.9 Å². The molecular weight excluding hydrogens is 214 g/mol. The predicted molar refractivity (Wildman–Crippen MR) is 68.6 cm³/mol. The van der Waals surface area contributed by atoms with Crippen molar-refractivity contribution in [2.45, 2.75) is 51.1 Å². The summed E-state index contributed by atoms with van der Waals surface area (Å²) >= 11 is 0. The zero-order valence-corrected chi connectivity index (χ0v) is 10.8. The first-order valence-electron chi connectivity index (χ1n) is 6.97. The Morgan fingerprint density at radius 2 is 2.12 bits per heavy atom. The Kier molecular flexibility index (Phi) is 4.40. The summed E-state index contributed by atoms with van der Waals surface area (Å²) in [5.74, 6) is 0.676. The van der Waals surface area contributed by atoms with Crippen LogP contribution in [0.1, 0.15) is 39.0 Å². The van der Waals surface area contributed by atoms with Crippen molar-refractivity contribution in [3.63, 3.8) is 0 Å². The number of primary amides is 1. The molecule has 0 radical (unpaired) electrons. The molecule has 3 N–H and O–H groups in total. The quantitative estimate of drug-likeness (QED) is 0.623. The van der Waals surface area contributed by atoms with Crippen LogP contribution < -0.4 is 11.1 Å². The van der Waals surface area contributed by atoms with Gasteiger partial charge >= 0.3 is 0 Å². The van der Waals surface area contributed by atoms with Crippen LogP contribution >= 0.6 is 0 Å². The topological polar surface area (TPSA) is 58.4 Å². The normalized spacial score (nSPS) is 21.8. The molecule has 0 spiro atoms. The van der Waals surface area contributed by atoms with Gasteiger partial charge in [-0.2, -0.15) is 0 Å². The van der Waals surface area contributed by atoms with Gasteiger partial charge < -0.3 is 11.1 Å². The zero-order valence-electron chi connectivity index (χ0n) is 10.8. The van der Waals surface area contributed by atoms with E-state index >= 15 is 0 Å². The third-order valence-corrected chi connectivity index (χ3v) is 3.65. The van der Waals surface area contributed by atoms with Crippen molar-refractivity contribution in [2.75, 3.05) is 19.6 Å². The van der Waals surface area contributed by atoms with Gasteiger partial charge in [-0.1, -0.05) is 6.92 Å². The van der Waals surface area contributed by atoms with E-state index < -0.39 is 0 Å². The molecule has 1 unspecified atom stereocenters. The standard InChI is InChI=1S/C13H25N3O/c1-2-7-15-12(13(14)17)9-16(11-5-6-11)8-10-3-4-10/h10-12,15H,2-9H2,1H3,(H2,14,17). The molecular formula is C13H25N3O. The van der Waals surface area contributed by atoms with Gasteiger partial charge in [-0.3, -0.25) is 9.69 Å². The second kappa shape index (κ2) is 5.83. The average Bonchev–Trinajstić information content (AvgIpc) is 3.15. The summed E-state index contributed by atoms with van der Waals surface area (Å²) in [6.45, 7) is 4.95. The number of rotatable bonds is 9. The Hall–Kier alpha value is -0.610. The minimum Gasteiger partial charge on any atom is -0.368 e. The minimum absolute atomic E-state index is 0.172. The van der Waals surface area contributed by atoms with Gasteiger partial charge in [-0.05, 0) is 44.6 Å². The van der Waals surface area contributed by atoms with Crippen molar-refractivity contribution < 1.29 is 4.79 Å². The molecule has 1 amide bonds. The highest BCUT2D eigenvalue weighted by atomic mass is 16.1. The molecule has 0 aliphatic heterocycles. The summed E-state index contributed by atoms with van der Waals surface area (Å²) < 4.78 is 0. The highest BCUT2D eigenvalue weighted by Gasteiger charge is 2.35. The number of hydrogen-bond acceptors (Lipinski definition) is 3. The van der Waals surface area contributed by atoms with E-state index in [0.717, 1.165) is 31.5 Å². The molecule has 0 aromatic heterocycles. The predicted octanol–water partition coefficient (Wildman–Crippen LogP) is 0.714. The largest absolute Gasteiger partial charge is 0.368 e. The molecule has 17 heavy (non-hydrogen) atoms. The molecule has 4 heteroatoms. The monoisotopic (exact) mass is 239 g/mol. The second-order valence-electron chi connectivity index (χ2n) is 5.54. The van der Waals surface area contributed by atoms with Crippen LogP contribution in [0.5, 0.6) is 0 Å². The van der Waals surface area contributed by atoms with E-state index in [4.69, 9.17) is 5.73 Å². The lowest BCUT2D eigenvalue weighted by Crippen LogP contribution is -2.50. The highest BCUT2D eigenvalue weighted by Crippen LogP contribution is 2.34. The molecule has 0 saturated heterocycles. The third kappa shape index (κ3) is 4.28. The number of nitrogens with two attached hydrogens (primary N) is 1. The molecule has 0 aromatic carbocycles. The Labute approximate surface area is 104 Å². The van der Waals surface area contributed by atoms with Gasteiger partial charge in [0.2, 0.25) is 5.91 Å². The number of amides is 1. The molecule has 2 saturated carbocycles. The first-order chi connectivity index (χ1) is 8.20. The maximum absolute atomic E-state index is 11.4. The van der Waals surface area contributed by atoms with Gasteiger partial charge in [0.1, 0.15) is 0 Å². The Balaban J connectivity index is 1.81. The van der Waals surface area contributed by atoms with Crippen LogP contribution in [0.3, 0.4) is 0 Å². The van der Waals surface area contributed by atoms with Crippen LogP contribution in [-0.4, -0.2) is 42.5 Å². The molecule has 4 nitrogen and oxygen atoms in total. The van der Waals surface area contributed by atoms with Gasteiger partial charge in [-0.25, -0.2) is 0 Å². The fourth-order valence-electron chi connectivity index (χ4n) is 2.25. The van der Waals surface area contributed by atoms with Crippen molar-refractivity contribution in [3.05, 3.63) is 0 Å². The first kappa shape index (κ1) is 12.8. The third-order valence-electron chi connectivity index (χ3n) is 3.65. The van der Waals surface area contributed by atoms with Crippen LogP contribution in [0.4, 0.5) is 0 Å². The van der Waals surface area contributed by atoms with Gasteiger partial charge in [0.15, 0.2) is 0 Å². The van der Waals surface area contributed by atoms with E-state index in [9.17, 15) is 4.79 Å². The Bertz CT molecular complexity index is 261.